The largest absolute Gasteiger partial charge is 0.350 e. The topological polar surface area (TPSA) is 67.1 Å². The Labute approximate surface area is 165 Å². The minimum Gasteiger partial charge on any atom is -0.350 e. The van der Waals surface area contributed by atoms with Crippen LogP contribution in [0.1, 0.15) is 36.5 Å². The summed E-state index contributed by atoms with van der Waals surface area (Å²) in [5.74, 6) is 2.37. The molecule has 24 heavy (non-hydrogen) atoms. The lowest BCUT2D eigenvalue weighted by Crippen LogP contribution is -2.37. The van der Waals surface area contributed by atoms with Crippen LogP contribution in [-0.2, 0) is 26.1 Å². The van der Waals surface area contributed by atoms with Gasteiger partial charge in [-0.15, -0.1) is 35.3 Å². The maximum atomic E-state index is 4.42. The van der Waals surface area contributed by atoms with Gasteiger partial charge in [0.15, 0.2) is 5.96 Å². The van der Waals surface area contributed by atoms with Crippen LogP contribution in [-0.4, -0.2) is 27.5 Å². The molecule has 0 amide bonds. The number of aryl methyl sites for hydroxylation is 1. The van der Waals surface area contributed by atoms with E-state index in [1.165, 1.54) is 4.88 Å². The van der Waals surface area contributed by atoms with Crippen molar-refractivity contribution >= 4 is 41.3 Å². The van der Waals surface area contributed by atoms with Gasteiger partial charge in [-0.1, -0.05) is 20.8 Å². The molecular formula is C16H27IN6S. The molecule has 0 spiro atoms. The molecule has 2 heterocycles. The summed E-state index contributed by atoms with van der Waals surface area (Å²) in [5, 5.41) is 7.68. The molecule has 0 aliphatic rings. The van der Waals surface area contributed by atoms with Crippen molar-refractivity contribution in [1.29, 1.82) is 0 Å². The highest BCUT2D eigenvalue weighted by Crippen LogP contribution is 2.12. The van der Waals surface area contributed by atoms with Crippen LogP contribution >= 0.6 is 35.3 Å². The molecule has 0 saturated heterocycles. The van der Waals surface area contributed by atoms with Crippen molar-refractivity contribution in [3.63, 3.8) is 0 Å². The van der Waals surface area contributed by atoms with E-state index in [9.17, 15) is 0 Å². The van der Waals surface area contributed by atoms with Gasteiger partial charge in [0.05, 0.1) is 13.1 Å². The molecule has 134 valence electrons. The first kappa shape index (κ1) is 20.9. The van der Waals surface area contributed by atoms with E-state index in [0.29, 0.717) is 19.0 Å². The highest BCUT2D eigenvalue weighted by molar-refractivity contribution is 14.0. The molecule has 0 saturated carbocycles. The average molecular weight is 462 g/mol. The van der Waals surface area contributed by atoms with Crippen LogP contribution in [0, 0.1) is 5.92 Å². The van der Waals surface area contributed by atoms with Crippen molar-refractivity contribution in [2.45, 2.75) is 46.8 Å². The lowest BCUT2D eigenvalue weighted by Gasteiger charge is -2.13. The second-order valence-corrected chi connectivity index (χ2v) is 6.94. The SMILES string of the molecule is CCc1cnc(CNC(=NC)NCc2nccn2CC(C)C)s1.I. The Bertz CT molecular complexity index is 634. The monoisotopic (exact) mass is 462 g/mol. The highest BCUT2D eigenvalue weighted by atomic mass is 127. The fraction of sp³-hybridized carbons (Fsp3) is 0.562. The first-order valence-electron chi connectivity index (χ1n) is 8.00. The Morgan fingerprint density at radius 2 is 2.04 bits per heavy atom. The number of thiazole rings is 1. The predicted octanol–water partition coefficient (Wildman–Crippen LogP) is 3.04. The highest BCUT2D eigenvalue weighted by Gasteiger charge is 2.07. The molecule has 8 heteroatoms. The number of hydrogen-bond donors (Lipinski definition) is 2. The van der Waals surface area contributed by atoms with E-state index in [0.717, 1.165) is 29.8 Å². The number of rotatable bonds is 7. The fourth-order valence-corrected chi connectivity index (χ4v) is 3.00. The number of guanidine groups is 1. The summed E-state index contributed by atoms with van der Waals surface area (Å²) < 4.78 is 2.18. The Kier molecular flexibility index (Phi) is 9.27. The van der Waals surface area contributed by atoms with Crippen LogP contribution in [0.25, 0.3) is 0 Å². The van der Waals surface area contributed by atoms with Crippen LogP contribution in [0.2, 0.25) is 0 Å². The zero-order valence-electron chi connectivity index (χ0n) is 14.7. The molecule has 2 N–H and O–H groups in total. The molecular weight excluding hydrogens is 435 g/mol. The normalized spacial score (nSPS) is 11.5. The first-order valence-corrected chi connectivity index (χ1v) is 8.82. The standard InChI is InChI=1S/C16H26N6S.HI/c1-5-13-8-19-15(23-13)10-21-16(17-4)20-9-14-18-6-7-22(14)11-12(2)3;/h6-8,12H,5,9-11H2,1-4H3,(H2,17,20,21);1H. The lowest BCUT2D eigenvalue weighted by atomic mass is 10.2. The smallest absolute Gasteiger partial charge is 0.191 e. The predicted molar refractivity (Wildman–Crippen MR) is 111 cm³/mol. The van der Waals surface area contributed by atoms with Gasteiger partial charge in [-0.3, -0.25) is 4.99 Å². The molecule has 2 rings (SSSR count). The fourth-order valence-electron chi connectivity index (χ4n) is 2.20. The minimum atomic E-state index is 0. The van der Waals surface area contributed by atoms with Crippen molar-refractivity contribution in [3.05, 3.63) is 34.3 Å². The number of imidazole rings is 1. The van der Waals surface area contributed by atoms with Crippen LogP contribution in [0.4, 0.5) is 0 Å². The van der Waals surface area contributed by atoms with Crippen LogP contribution in [0.3, 0.4) is 0 Å². The van der Waals surface area contributed by atoms with Gasteiger partial charge in [0, 0.05) is 37.1 Å². The molecule has 0 unspecified atom stereocenters. The van der Waals surface area contributed by atoms with Crippen LogP contribution in [0.5, 0.6) is 0 Å². The third-order valence-corrected chi connectivity index (χ3v) is 4.50. The Hall–Kier alpha value is -1.16. The Morgan fingerprint density at radius 3 is 2.67 bits per heavy atom. The first-order chi connectivity index (χ1) is 11.1. The van der Waals surface area contributed by atoms with Gasteiger partial charge in [-0.2, -0.15) is 0 Å². The van der Waals surface area contributed by atoms with Gasteiger partial charge in [0.25, 0.3) is 0 Å². The zero-order chi connectivity index (χ0) is 16.7. The summed E-state index contributed by atoms with van der Waals surface area (Å²) >= 11 is 1.74. The van der Waals surface area contributed by atoms with Crippen molar-refractivity contribution < 1.29 is 0 Å². The van der Waals surface area contributed by atoms with E-state index in [1.807, 2.05) is 18.6 Å². The van der Waals surface area contributed by atoms with E-state index in [1.54, 1.807) is 18.4 Å². The van der Waals surface area contributed by atoms with E-state index >= 15 is 0 Å². The summed E-state index contributed by atoms with van der Waals surface area (Å²) in [4.78, 5) is 14.4. The molecule has 2 aromatic rings. The second kappa shape index (κ2) is 10.7. The summed E-state index contributed by atoms with van der Waals surface area (Å²) in [5.41, 5.74) is 0. The van der Waals surface area contributed by atoms with Gasteiger partial charge in [0.2, 0.25) is 0 Å². The van der Waals surface area contributed by atoms with Crippen LogP contribution in [0.15, 0.2) is 23.6 Å². The molecule has 2 aromatic heterocycles. The lowest BCUT2D eigenvalue weighted by molar-refractivity contribution is 0.503. The molecule has 0 aromatic carbocycles. The minimum absolute atomic E-state index is 0. The molecule has 0 aliphatic heterocycles. The maximum Gasteiger partial charge on any atom is 0.191 e. The quantitative estimate of drug-likeness (QED) is 0.377. The number of aromatic nitrogens is 3. The van der Waals surface area contributed by atoms with Crippen molar-refractivity contribution in [2.75, 3.05) is 7.05 Å². The van der Waals surface area contributed by atoms with Gasteiger partial charge in [-0.25, -0.2) is 9.97 Å². The van der Waals surface area contributed by atoms with Gasteiger partial charge in [0.1, 0.15) is 10.8 Å². The molecule has 0 atom stereocenters. The number of halogens is 1. The third kappa shape index (κ3) is 6.39. The van der Waals surface area contributed by atoms with E-state index in [2.05, 4.69) is 50.9 Å². The summed E-state index contributed by atoms with van der Waals surface area (Å²) in [6.45, 7) is 8.86. The van der Waals surface area contributed by atoms with Gasteiger partial charge < -0.3 is 15.2 Å². The van der Waals surface area contributed by atoms with E-state index in [-0.39, 0.29) is 24.0 Å². The number of hydrogen-bond acceptors (Lipinski definition) is 4. The van der Waals surface area contributed by atoms with Crippen molar-refractivity contribution in [2.24, 2.45) is 10.9 Å². The Morgan fingerprint density at radius 1 is 1.29 bits per heavy atom. The third-order valence-electron chi connectivity index (χ3n) is 3.36. The van der Waals surface area contributed by atoms with Crippen molar-refractivity contribution in [1.82, 2.24) is 25.2 Å². The zero-order valence-corrected chi connectivity index (χ0v) is 17.9. The van der Waals surface area contributed by atoms with Crippen LogP contribution < -0.4 is 10.6 Å². The van der Waals surface area contributed by atoms with E-state index in [4.69, 9.17) is 0 Å². The molecule has 6 nitrogen and oxygen atoms in total. The summed E-state index contributed by atoms with van der Waals surface area (Å²) in [6.07, 6.45) is 6.84. The number of nitrogens with one attached hydrogen (secondary N) is 2. The second-order valence-electron chi connectivity index (χ2n) is 5.74. The molecule has 0 fully saturated rings. The van der Waals surface area contributed by atoms with Crippen molar-refractivity contribution in [3.8, 4) is 0 Å². The Balaban J connectivity index is 0.00000288. The molecule has 0 radical (unpaired) electrons. The van der Waals surface area contributed by atoms with E-state index < -0.39 is 0 Å². The summed E-state index contributed by atoms with van der Waals surface area (Å²) in [6, 6.07) is 0. The average Bonchev–Trinajstić information content (AvgIpc) is 3.16. The maximum absolute atomic E-state index is 4.42. The summed E-state index contributed by atoms with van der Waals surface area (Å²) in [7, 11) is 1.77. The number of nitrogens with zero attached hydrogens (tertiary/aromatic N) is 4. The molecule has 0 aliphatic carbocycles. The van der Waals surface area contributed by atoms with Gasteiger partial charge in [-0.05, 0) is 12.3 Å². The van der Waals surface area contributed by atoms with Gasteiger partial charge >= 0.3 is 0 Å². The molecule has 0 bridgehead atoms. The number of aliphatic imine (C=N–C) groups is 1.